The van der Waals surface area contributed by atoms with Gasteiger partial charge in [0.25, 0.3) is 5.91 Å². The van der Waals surface area contributed by atoms with Crippen molar-refractivity contribution >= 4 is 5.91 Å². The predicted octanol–water partition coefficient (Wildman–Crippen LogP) is 5.55. The van der Waals surface area contributed by atoms with Crippen molar-refractivity contribution in [2.45, 2.75) is 18.6 Å². The summed E-state index contributed by atoms with van der Waals surface area (Å²) in [5, 5.41) is 0. The van der Waals surface area contributed by atoms with E-state index in [-0.39, 0.29) is 18.3 Å². The molecule has 0 aromatic heterocycles. The Balaban J connectivity index is 1.72. The van der Waals surface area contributed by atoms with Crippen molar-refractivity contribution in [3.63, 3.8) is 0 Å². The van der Waals surface area contributed by atoms with Crippen molar-refractivity contribution in [2.24, 2.45) is 0 Å². The largest absolute Gasteiger partial charge is 0.496 e. The first-order chi connectivity index (χ1) is 17.3. The van der Waals surface area contributed by atoms with Gasteiger partial charge in [-0.25, -0.2) is 0 Å². The molecular formula is C27H26F3NO5. The molecule has 3 aromatic carbocycles. The van der Waals surface area contributed by atoms with E-state index >= 15 is 0 Å². The molecule has 0 aliphatic carbocycles. The molecule has 9 heteroatoms. The number of para-hydroxylation sites is 1. The molecule has 1 atom stereocenters. The summed E-state index contributed by atoms with van der Waals surface area (Å²) in [6, 6.07) is 14.6. The van der Waals surface area contributed by atoms with Gasteiger partial charge in [-0.2, -0.15) is 13.2 Å². The maximum atomic E-state index is 13.7. The Kier molecular flexibility index (Phi) is 7.28. The lowest BCUT2D eigenvalue weighted by Crippen LogP contribution is -2.42. The van der Waals surface area contributed by atoms with Crippen LogP contribution in [0.15, 0.2) is 60.7 Å². The molecule has 190 valence electrons. The summed E-state index contributed by atoms with van der Waals surface area (Å²) in [5.74, 6) is 1.25. The number of hydrogen-bond acceptors (Lipinski definition) is 5. The summed E-state index contributed by atoms with van der Waals surface area (Å²) in [6.45, 7) is 0.306. The van der Waals surface area contributed by atoms with Crippen LogP contribution in [-0.4, -0.2) is 45.3 Å². The Morgan fingerprint density at radius 1 is 0.917 bits per heavy atom. The highest BCUT2D eigenvalue weighted by Crippen LogP contribution is 2.40. The number of methoxy groups -OCH3 is 3. The summed E-state index contributed by atoms with van der Waals surface area (Å²) in [6.07, 6.45) is -3.94. The van der Waals surface area contributed by atoms with Crippen LogP contribution in [0.5, 0.6) is 23.0 Å². The number of fused-ring (bicyclic) bond motifs is 1. The van der Waals surface area contributed by atoms with Crippen molar-refractivity contribution < 1.29 is 36.9 Å². The molecule has 0 radical (unpaired) electrons. The highest BCUT2D eigenvalue weighted by Gasteiger charge is 2.35. The number of amides is 1. The van der Waals surface area contributed by atoms with Gasteiger partial charge < -0.3 is 23.8 Å². The predicted molar refractivity (Wildman–Crippen MR) is 127 cm³/mol. The summed E-state index contributed by atoms with van der Waals surface area (Å²) in [5.41, 5.74) is 1.29. The number of carbonyl (C=O) groups is 1. The van der Waals surface area contributed by atoms with Crippen LogP contribution in [0.25, 0.3) is 0 Å². The number of nitrogens with zero attached hydrogens (tertiary/aromatic N) is 1. The van der Waals surface area contributed by atoms with E-state index in [0.29, 0.717) is 35.8 Å². The summed E-state index contributed by atoms with van der Waals surface area (Å²) < 4.78 is 61.7. The van der Waals surface area contributed by atoms with E-state index in [2.05, 4.69) is 0 Å². The molecule has 0 saturated heterocycles. The Morgan fingerprint density at radius 3 is 2.31 bits per heavy atom. The second-order valence-corrected chi connectivity index (χ2v) is 8.21. The minimum absolute atomic E-state index is 0.0575. The van der Waals surface area contributed by atoms with Gasteiger partial charge in [-0.05, 0) is 60.0 Å². The minimum atomic E-state index is -4.49. The SMILES string of the molecule is COc1cc2c(cc1OC)[C@H](COc1cccc(C(F)(F)F)c1)N(C(=O)c1ccccc1OC)CC2. The summed E-state index contributed by atoms with van der Waals surface area (Å²) in [7, 11) is 4.54. The van der Waals surface area contributed by atoms with E-state index in [1.807, 2.05) is 6.07 Å². The average Bonchev–Trinajstić information content (AvgIpc) is 2.89. The number of hydrogen-bond donors (Lipinski definition) is 0. The molecule has 1 amide bonds. The lowest BCUT2D eigenvalue weighted by molar-refractivity contribution is -0.137. The van der Waals surface area contributed by atoms with Crippen LogP contribution in [0.4, 0.5) is 13.2 Å². The van der Waals surface area contributed by atoms with Gasteiger partial charge >= 0.3 is 6.18 Å². The number of ether oxygens (including phenoxy) is 4. The molecule has 6 nitrogen and oxygen atoms in total. The maximum absolute atomic E-state index is 13.7. The van der Waals surface area contributed by atoms with Crippen LogP contribution in [0.1, 0.15) is 33.1 Å². The van der Waals surface area contributed by atoms with Gasteiger partial charge in [0, 0.05) is 6.54 Å². The molecule has 0 unspecified atom stereocenters. The van der Waals surface area contributed by atoms with Gasteiger partial charge in [-0.3, -0.25) is 4.79 Å². The number of rotatable bonds is 7. The lowest BCUT2D eigenvalue weighted by atomic mass is 9.91. The number of alkyl halides is 3. The molecule has 0 bridgehead atoms. The third-order valence-electron chi connectivity index (χ3n) is 6.17. The van der Waals surface area contributed by atoms with E-state index in [4.69, 9.17) is 18.9 Å². The van der Waals surface area contributed by atoms with E-state index in [9.17, 15) is 18.0 Å². The van der Waals surface area contributed by atoms with Crippen molar-refractivity contribution in [3.05, 3.63) is 82.9 Å². The highest BCUT2D eigenvalue weighted by atomic mass is 19.4. The molecule has 0 N–H and O–H groups in total. The van der Waals surface area contributed by atoms with Gasteiger partial charge in [0.2, 0.25) is 0 Å². The molecule has 0 spiro atoms. The molecule has 1 heterocycles. The smallest absolute Gasteiger partial charge is 0.416 e. The molecule has 3 aromatic rings. The van der Waals surface area contributed by atoms with Gasteiger partial charge in [0.1, 0.15) is 18.1 Å². The Morgan fingerprint density at radius 2 is 1.61 bits per heavy atom. The highest BCUT2D eigenvalue weighted by molar-refractivity contribution is 5.97. The molecule has 0 saturated carbocycles. The zero-order valence-electron chi connectivity index (χ0n) is 20.1. The number of halogens is 3. The van der Waals surface area contributed by atoms with Crippen LogP contribution in [0.3, 0.4) is 0 Å². The number of carbonyl (C=O) groups excluding carboxylic acids is 1. The van der Waals surface area contributed by atoms with Gasteiger partial charge in [0.15, 0.2) is 11.5 Å². The summed E-state index contributed by atoms with van der Waals surface area (Å²) in [4.78, 5) is 15.3. The second kappa shape index (κ2) is 10.4. The first-order valence-electron chi connectivity index (χ1n) is 11.3. The molecule has 0 fully saturated rings. The zero-order chi connectivity index (χ0) is 25.9. The Labute approximate surface area is 207 Å². The first kappa shape index (κ1) is 25.2. The monoisotopic (exact) mass is 501 g/mol. The third-order valence-corrected chi connectivity index (χ3v) is 6.17. The van der Waals surface area contributed by atoms with Crippen molar-refractivity contribution in [1.82, 2.24) is 4.90 Å². The van der Waals surface area contributed by atoms with Gasteiger partial charge in [-0.15, -0.1) is 0 Å². The van der Waals surface area contributed by atoms with E-state index in [1.54, 1.807) is 42.3 Å². The molecule has 1 aliphatic heterocycles. The van der Waals surface area contributed by atoms with E-state index < -0.39 is 17.8 Å². The maximum Gasteiger partial charge on any atom is 0.416 e. The topological polar surface area (TPSA) is 57.2 Å². The fourth-order valence-corrected chi connectivity index (χ4v) is 4.36. The zero-order valence-corrected chi connectivity index (χ0v) is 20.1. The second-order valence-electron chi connectivity index (χ2n) is 8.21. The van der Waals surface area contributed by atoms with Gasteiger partial charge in [0.05, 0.1) is 38.5 Å². The average molecular weight is 502 g/mol. The van der Waals surface area contributed by atoms with Crippen LogP contribution >= 0.6 is 0 Å². The lowest BCUT2D eigenvalue weighted by Gasteiger charge is -2.38. The first-order valence-corrected chi connectivity index (χ1v) is 11.3. The van der Waals surface area contributed by atoms with E-state index in [0.717, 1.165) is 23.3 Å². The Bertz CT molecular complexity index is 1240. The van der Waals surface area contributed by atoms with Crippen LogP contribution in [0, 0.1) is 0 Å². The fourth-order valence-electron chi connectivity index (χ4n) is 4.36. The normalized spacial score (nSPS) is 15.2. The van der Waals surface area contributed by atoms with Crippen molar-refractivity contribution in [3.8, 4) is 23.0 Å². The van der Waals surface area contributed by atoms with Crippen LogP contribution in [-0.2, 0) is 12.6 Å². The quantitative estimate of drug-likeness (QED) is 0.425. The third kappa shape index (κ3) is 5.05. The van der Waals surface area contributed by atoms with Crippen molar-refractivity contribution in [1.29, 1.82) is 0 Å². The minimum Gasteiger partial charge on any atom is -0.496 e. The summed E-state index contributed by atoms with van der Waals surface area (Å²) >= 11 is 0. The number of benzene rings is 3. The van der Waals surface area contributed by atoms with Crippen LogP contribution in [0.2, 0.25) is 0 Å². The van der Waals surface area contributed by atoms with E-state index in [1.165, 1.54) is 26.4 Å². The Hall–Kier alpha value is -3.88. The van der Waals surface area contributed by atoms with Crippen molar-refractivity contribution in [2.75, 3.05) is 34.5 Å². The van der Waals surface area contributed by atoms with Gasteiger partial charge in [-0.1, -0.05) is 18.2 Å². The van der Waals surface area contributed by atoms with Crippen LogP contribution < -0.4 is 18.9 Å². The molecule has 36 heavy (non-hydrogen) atoms. The molecule has 1 aliphatic rings. The standard InChI is InChI=1S/C27H26F3NO5/c1-33-23-10-5-4-9-20(23)26(32)31-12-11-17-13-24(34-2)25(35-3)15-21(17)22(31)16-36-19-8-6-7-18(14-19)27(28,29)30/h4-10,13-15,22H,11-12,16H2,1-3H3/t22-/m0/s1. The fraction of sp³-hybridized carbons (Fsp3) is 0.296. The molecular weight excluding hydrogens is 475 g/mol. The molecule has 4 rings (SSSR count).